The van der Waals surface area contributed by atoms with Crippen LogP contribution >= 0.6 is 0 Å². The summed E-state index contributed by atoms with van der Waals surface area (Å²) in [4.78, 5) is 15.9. The average molecular weight is 380 g/mol. The van der Waals surface area contributed by atoms with Crippen molar-refractivity contribution in [3.8, 4) is 0 Å². The predicted octanol–water partition coefficient (Wildman–Crippen LogP) is 0.946. The van der Waals surface area contributed by atoms with Crippen molar-refractivity contribution in [3.05, 3.63) is 36.0 Å². The highest BCUT2D eigenvalue weighted by atomic mass is 32.2. The van der Waals surface area contributed by atoms with Crippen LogP contribution in [-0.2, 0) is 19.6 Å². The second-order valence-corrected chi connectivity index (χ2v) is 7.54. The molecule has 1 fully saturated rings. The van der Waals surface area contributed by atoms with Crippen LogP contribution in [0.25, 0.3) is 0 Å². The third-order valence-corrected chi connectivity index (χ3v) is 5.43. The van der Waals surface area contributed by atoms with Crippen LogP contribution in [0, 0.1) is 0 Å². The molecule has 26 heavy (non-hydrogen) atoms. The molecule has 1 aromatic carbocycles. The van der Waals surface area contributed by atoms with E-state index in [1.807, 2.05) is 0 Å². The van der Waals surface area contributed by atoms with Gasteiger partial charge in [0.25, 0.3) is 0 Å². The van der Waals surface area contributed by atoms with Gasteiger partial charge in [-0.15, -0.1) is 0 Å². The number of nitrogen functional groups attached to an aromatic ring is 1. The smallest absolute Gasteiger partial charge is 0.327 e. The fourth-order valence-corrected chi connectivity index (χ4v) is 4.09. The van der Waals surface area contributed by atoms with Crippen molar-refractivity contribution in [1.29, 1.82) is 0 Å². The quantitative estimate of drug-likeness (QED) is 0.496. The maximum Gasteiger partial charge on any atom is 0.327 e. The van der Waals surface area contributed by atoms with E-state index in [2.05, 4.69) is 9.71 Å². The molecular formula is C17H24N4O4S. The zero-order valence-corrected chi connectivity index (χ0v) is 15.5. The third-order valence-electron chi connectivity index (χ3n) is 3.96. The third kappa shape index (κ3) is 5.06. The van der Waals surface area contributed by atoms with Gasteiger partial charge in [0.1, 0.15) is 6.54 Å². The van der Waals surface area contributed by atoms with E-state index in [9.17, 15) is 13.2 Å². The van der Waals surface area contributed by atoms with Gasteiger partial charge in [0.05, 0.1) is 17.5 Å². The van der Waals surface area contributed by atoms with Crippen molar-refractivity contribution < 1.29 is 17.9 Å². The zero-order valence-electron chi connectivity index (χ0n) is 14.6. The lowest BCUT2D eigenvalue weighted by molar-refractivity contribution is -0.141. The Morgan fingerprint density at radius 1 is 1.46 bits per heavy atom. The van der Waals surface area contributed by atoms with Gasteiger partial charge in [0.15, 0.2) is 0 Å². The first-order valence-electron chi connectivity index (χ1n) is 8.36. The van der Waals surface area contributed by atoms with Crippen LogP contribution in [0.4, 0.5) is 5.69 Å². The summed E-state index contributed by atoms with van der Waals surface area (Å²) < 4.78 is 32.8. The zero-order chi connectivity index (χ0) is 19.2. The topological polar surface area (TPSA) is 137 Å². The summed E-state index contributed by atoms with van der Waals surface area (Å²) in [5, 5.41) is 0. The minimum absolute atomic E-state index is 0.0875. The van der Waals surface area contributed by atoms with Crippen LogP contribution in [0.5, 0.6) is 0 Å². The SMILES string of the molecule is CCOC(=O)CN=C1CCCC(NS(=O)(=O)c2cccc(N)c2)C1=CN. The van der Waals surface area contributed by atoms with Crippen molar-refractivity contribution in [2.75, 3.05) is 18.9 Å². The molecule has 8 nitrogen and oxygen atoms in total. The molecule has 142 valence electrons. The molecule has 0 radical (unpaired) electrons. The van der Waals surface area contributed by atoms with Crippen LogP contribution in [0.3, 0.4) is 0 Å². The molecule has 0 amide bonds. The van der Waals surface area contributed by atoms with Gasteiger partial charge in [-0.05, 0) is 44.4 Å². The number of carbonyl (C=O) groups is 1. The van der Waals surface area contributed by atoms with Crippen LogP contribution in [-0.4, -0.2) is 39.3 Å². The number of carbonyl (C=O) groups excluding carboxylic acids is 1. The summed E-state index contributed by atoms with van der Waals surface area (Å²) in [6.07, 6.45) is 3.28. The number of anilines is 1. The molecule has 2 rings (SSSR count). The van der Waals surface area contributed by atoms with Gasteiger partial charge in [-0.1, -0.05) is 6.07 Å². The summed E-state index contributed by atoms with van der Waals surface area (Å²) in [5.74, 6) is -0.432. The summed E-state index contributed by atoms with van der Waals surface area (Å²) in [7, 11) is -3.76. The second kappa shape index (κ2) is 8.81. The van der Waals surface area contributed by atoms with Gasteiger partial charge in [0.2, 0.25) is 10.0 Å². The summed E-state index contributed by atoms with van der Waals surface area (Å²) in [5.41, 5.74) is 12.9. The Labute approximate surface area is 153 Å². The van der Waals surface area contributed by atoms with Gasteiger partial charge in [-0.25, -0.2) is 13.1 Å². The first-order valence-corrected chi connectivity index (χ1v) is 9.84. The molecule has 0 bridgehead atoms. The first-order chi connectivity index (χ1) is 12.4. The molecule has 5 N–H and O–H groups in total. The van der Waals surface area contributed by atoms with Crippen molar-refractivity contribution >= 4 is 27.4 Å². The Morgan fingerprint density at radius 2 is 2.23 bits per heavy atom. The second-order valence-electron chi connectivity index (χ2n) is 5.83. The molecule has 9 heteroatoms. The normalized spacial score (nSPS) is 21.0. The van der Waals surface area contributed by atoms with E-state index in [0.29, 0.717) is 29.8 Å². The summed E-state index contributed by atoms with van der Waals surface area (Å²) >= 11 is 0. The number of hydrogen-bond acceptors (Lipinski definition) is 7. The number of benzene rings is 1. The van der Waals surface area contributed by atoms with Gasteiger partial charge < -0.3 is 16.2 Å². The molecule has 0 heterocycles. The highest BCUT2D eigenvalue weighted by Gasteiger charge is 2.28. The van der Waals surface area contributed by atoms with E-state index in [0.717, 1.165) is 6.42 Å². The molecule has 0 spiro atoms. The largest absolute Gasteiger partial charge is 0.465 e. The molecule has 0 saturated heterocycles. The standard InChI is InChI=1S/C17H24N4O4S/c1-2-25-17(22)11-20-15-7-4-8-16(14(15)10-18)21-26(23,24)13-6-3-5-12(19)9-13/h3,5-6,9-10,16,21H,2,4,7-8,11,18-19H2,1H3. The highest BCUT2D eigenvalue weighted by molar-refractivity contribution is 7.89. The summed E-state index contributed by atoms with van der Waals surface area (Å²) in [6.45, 7) is 1.89. The van der Waals surface area contributed by atoms with Crippen molar-refractivity contribution in [2.24, 2.45) is 10.7 Å². The van der Waals surface area contributed by atoms with E-state index in [1.165, 1.54) is 18.3 Å². The Bertz CT molecular complexity index is 818. The molecule has 0 aromatic heterocycles. The van der Waals surface area contributed by atoms with Gasteiger partial charge in [-0.3, -0.25) is 9.79 Å². The molecule has 1 unspecified atom stereocenters. The van der Waals surface area contributed by atoms with E-state index in [4.69, 9.17) is 16.2 Å². The monoisotopic (exact) mass is 380 g/mol. The van der Waals surface area contributed by atoms with Crippen molar-refractivity contribution in [2.45, 2.75) is 37.1 Å². The van der Waals surface area contributed by atoms with Gasteiger partial charge in [0, 0.05) is 23.2 Å². The Hall–Kier alpha value is -2.39. The lowest BCUT2D eigenvalue weighted by Gasteiger charge is -2.27. The van der Waals surface area contributed by atoms with Gasteiger partial charge in [-0.2, -0.15) is 0 Å². The predicted molar refractivity (Wildman–Crippen MR) is 100 cm³/mol. The maximum absolute atomic E-state index is 12.6. The van der Waals surface area contributed by atoms with E-state index in [-0.39, 0.29) is 18.0 Å². The fraction of sp³-hybridized carbons (Fsp3) is 0.412. The number of rotatable bonds is 6. The number of nitrogens with zero attached hydrogens (tertiary/aromatic N) is 1. The average Bonchev–Trinajstić information content (AvgIpc) is 2.60. The Morgan fingerprint density at radius 3 is 2.88 bits per heavy atom. The molecule has 0 aliphatic heterocycles. The minimum Gasteiger partial charge on any atom is -0.465 e. The van der Waals surface area contributed by atoms with E-state index in [1.54, 1.807) is 19.1 Å². The molecule has 1 atom stereocenters. The molecule has 1 saturated carbocycles. The number of nitrogens with two attached hydrogens (primary N) is 2. The van der Waals surface area contributed by atoms with E-state index < -0.39 is 22.0 Å². The number of hydrogen-bond donors (Lipinski definition) is 3. The Kier molecular flexibility index (Phi) is 6.76. The molecule has 1 aromatic rings. The van der Waals surface area contributed by atoms with Crippen LogP contribution in [0.2, 0.25) is 0 Å². The highest BCUT2D eigenvalue weighted by Crippen LogP contribution is 2.24. The first kappa shape index (κ1) is 19.9. The summed E-state index contributed by atoms with van der Waals surface area (Å²) in [6, 6.07) is 5.55. The van der Waals surface area contributed by atoms with Crippen molar-refractivity contribution in [3.63, 3.8) is 0 Å². The van der Waals surface area contributed by atoms with Gasteiger partial charge >= 0.3 is 5.97 Å². The number of sulfonamides is 1. The van der Waals surface area contributed by atoms with Crippen LogP contribution in [0.1, 0.15) is 26.2 Å². The Balaban J connectivity index is 2.18. The molecular weight excluding hydrogens is 356 g/mol. The van der Waals surface area contributed by atoms with Crippen LogP contribution < -0.4 is 16.2 Å². The lowest BCUT2D eigenvalue weighted by atomic mass is 9.89. The molecule has 1 aliphatic rings. The maximum atomic E-state index is 12.6. The fourth-order valence-electron chi connectivity index (χ4n) is 2.78. The minimum atomic E-state index is -3.76. The number of ether oxygens (including phenoxy) is 1. The number of nitrogens with one attached hydrogen (secondary N) is 1. The number of esters is 1. The van der Waals surface area contributed by atoms with Crippen LogP contribution in [0.15, 0.2) is 45.9 Å². The lowest BCUT2D eigenvalue weighted by Crippen LogP contribution is -2.41. The van der Waals surface area contributed by atoms with E-state index >= 15 is 0 Å². The van der Waals surface area contributed by atoms with Crippen molar-refractivity contribution in [1.82, 2.24) is 4.72 Å². The number of aliphatic imine (C=N–C) groups is 1. The molecule has 1 aliphatic carbocycles.